The minimum absolute atomic E-state index is 0.404. The Kier molecular flexibility index (Phi) is 1.92. The molecule has 0 unspecified atom stereocenters. The van der Waals surface area contributed by atoms with Crippen LogP contribution in [-0.4, -0.2) is 9.97 Å². The number of nitrogens with zero attached hydrogens (tertiary/aromatic N) is 2. The van der Waals surface area contributed by atoms with E-state index in [2.05, 4.69) is 9.97 Å². The molecule has 2 heterocycles. The van der Waals surface area contributed by atoms with Crippen LogP contribution in [-0.2, 0) is 0 Å². The van der Waals surface area contributed by atoms with E-state index in [1.54, 1.807) is 24.5 Å². The average Bonchev–Trinajstić information content (AvgIpc) is 2.20. The van der Waals surface area contributed by atoms with Crippen molar-refractivity contribution in [3.8, 4) is 11.4 Å². The molecule has 2 aromatic rings. The van der Waals surface area contributed by atoms with E-state index in [9.17, 15) is 0 Å². The minimum Gasteiger partial charge on any atom is -0.299 e. The standard InChI is InChI=1S/C10H8N3/c11-8-4-3-7-13-10(8)9-5-1-2-6-12-9/h1-7,11H. The summed E-state index contributed by atoms with van der Waals surface area (Å²) < 4.78 is 0. The molecule has 0 aliphatic rings. The third-order valence-corrected chi connectivity index (χ3v) is 1.72. The fourth-order valence-corrected chi connectivity index (χ4v) is 1.11. The van der Waals surface area contributed by atoms with E-state index < -0.39 is 0 Å². The Morgan fingerprint density at radius 1 is 0.923 bits per heavy atom. The fraction of sp³-hybridized carbons (Fsp3) is 0. The van der Waals surface area contributed by atoms with Gasteiger partial charge in [0.2, 0.25) is 0 Å². The fourth-order valence-electron chi connectivity index (χ4n) is 1.11. The van der Waals surface area contributed by atoms with Gasteiger partial charge in [0.05, 0.1) is 11.4 Å². The van der Waals surface area contributed by atoms with Crippen LogP contribution in [0.3, 0.4) is 0 Å². The van der Waals surface area contributed by atoms with Crippen molar-refractivity contribution in [1.29, 1.82) is 0 Å². The number of pyridine rings is 2. The van der Waals surface area contributed by atoms with Crippen LogP contribution in [0, 0.1) is 0 Å². The van der Waals surface area contributed by atoms with Gasteiger partial charge in [0.1, 0.15) is 5.69 Å². The first kappa shape index (κ1) is 7.73. The van der Waals surface area contributed by atoms with Crippen LogP contribution in [0.2, 0.25) is 0 Å². The van der Waals surface area contributed by atoms with Crippen LogP contribution in [0.25, 0.3) is 11.4 Å². The summed E-state index contributed by atoms with van der Waals surface area (Å²) in [6.07, 6.45) is 3.37. The smallest absolute Gasteiger partial charge is 0.113 e. The number of nitrogens with one attached hydrogen (secondary N) is 1. The summed E-state index contributed by atoms with van der Waals surface area (Å²) in [6.45, 7) is 0. The lowest BCUT2D eigenvalue weighted by atomic mass is 10.2. The molecular formula is C10H8N3. The molecule has 0 bridgehead atoms. The van der Waals surface area contributed by atoms with Gasteiger partial charge in [-0.15, -0.1) is 0 Å². The van der Waals surface area contributed by atoms with Crippen LogP contribution in [0.5, 0.6) is 0 Å². The molecule has 1 radical (unpaired) electrons. The number of hydrogen-bond donors (Lipinski definition) is 0. The van der Waals surface area contributed by atoms with E-state index >= 15 is 0 Å². The normalized spacial score (nSPS) is 9.85. The highest BCUT2D eigenvalue weighted by Crippen LogP contribution is 2.20. The molecule has 3 nitrogen and oxygen atoms in total. The first-order valence-corrected chi connectivity index (χ1v) is 3.96. The zero-order valence-corrected chi connectivity index (χ0v) is 6.94. The van der Waals surface area contributed by atoms with Gasteiger partial charge >= 0.3 is 0 Å². The van der Waals surface area contributed by atoms with Gasteiger partial charge in [-0.3, -0.25) is 15.7 Å². The molecule has 0 spiro atoms. The lowest BCUT2D eigenvalue weighted by Crippen LogP contribution is -1.87. The van der Waals surface area contributed by atoms with Gasteiger partial charge in [-0.2, -0.15) is 0 Å². The Morgan fingerprint density at radius 3 is 2.46 bits per heavy atom. The summed E-state index contributed by atoms with van der Waals surface area (Å²) in [6, 6.07) is 9.03. The monoisotopic (exact) mass is 170 g/mol. The Labute approximate surface area is 76.3 Å². The molecule has 2 aromatic heterocycles. The zero-order chi connectivity index (χ0) is 9.10. The van der Waals surface area contributed by atoms with Crippen LogP contribution in [0.4, 0.5) is 5.69 Å². The van der Waals surface area contributed by atoms with Gasteiger partial charge in [-0.05, 0) is 24.3 Å². The SMILES string of the molecule is [NH]c1cccnc1-c1ccccn1. The summed E-state index contributed by atoms with van der Waals surface area (Å²) in [4.78, 5) is 8.23. The topological polar surface area (TPSA) is 49.6 Å². The van der Waals surface area contributed by atoms with Crippen LogP contribution >= 0.6 is 0 Å². The molecule has 1 N–H and O–H groups in total. The number of hydrogen-bond acceptors (Lipinski definition) is 2. The van der Waals surface area contributed by atoms with E-state index in [1.165, 1.54) is 0 Å². The molecule has 3 heteroatoms. The average molecular weight is 170 g/mol. The van der Waals surface area contributed by atoms with Crippen LogP contribution in [0.1, 0.15) is 0 Å². The predicted octanol–water partition coefficient (Wildman–Crippen LogP) is 2.06. The quantitative estimate of drug-likeness (QED) is 0.657. The summed E-state index contributed by atoms with van der Waals surface area (Å²) in [5, 5.41) is 0. The van der Waals surface area contributed by atoms with Crippen molar-refractivity contribution >= 4 is 5.69 Å². The van der Waals surface area contributed by atoms with Crippen LogP contribution < -0.4 is 5.73 Å². The molecule has 0 amide bonds. The first-order valence-electron chi connectivity index (χ1n) is 3.96. The van der Waals surface area contributed by atoms with Crippen molar-refractivity contribution < 1.29 is 0 Å². The summed E-state index contributed by atoms with van der Waals surface area (Å²) in [5.41, 5.74) is 9.38. The maximum Gasteiger partial charge on any atom is 0.113 e. The van der Waals surface area contributed by atoms with Crippen molar-refractivity contribution in [3.63, 3.8) is 0 Å². The second kappa shape index (κ2) is 3.23. The molecule has 0 aliphatic heterocycles. The third-order valence-electron chi connectivity index (χ3n) is 1.72. The van der Waals surface area contributed by atoms with Gasteiger partial charge < -0.3 is 0 Å². The summed E-state index contributed by atoms with van der Waals surface area (Å²) >= 11 is 0. The Hall–Kier alpha value is -1.90. The van der Waals surface area contributed by atoms with Crippen LogP contribution in [0.15, 0.2) is 42.7 Å². The van der Waals surface area contributed by atoms with Crippen molar-refractivity contribution in [2.24, 2.45) is 0 Å². The van der Waals surface area contributed by atoms with Gasteiger partial charge in [0, 0.05) is 12.4 Å². The lowest BCUT2D eigenvalue weighted by molar-refractivity contribution is 1.23. The Morgan fingerprint density at radius 2 is 1.77 bits per heavy atom. The molecule has 63 valence electrons. The number of rotatable bonds is 1. The van der Waals surface area contributed by atoms with E-state index in [4.69, 9.17) is 5.73 Å². The maximum absolute atomic E-state index is 7.61. The van der Waals surface area contributed by atoms with E-state index in [0.29, 0.717) is 11.4 Å². The van der Waals surface area contributed by atoms with Crippen molar-refractivity contribution in [2.75, 3.05) is 0 Å². The molecule has 0 aliphatic carbocycles. The van der Waals surface area contributed by atoms with Gasteiger partial charge in [0.25, 0.3) is 0 Å². The van der Waals surface area contributed by atoms with Crippen molar-refractivity contribution in [2.45, 2.75) is 0 Å². The predicted molar refractivity (Wildman–Crippen MR) is 50.2 cm³/mol. The minimum atomic E-state index is 0.404. The van der Waals surface area contributed by atoms with Crippen molar-refractivity contribution in [1.82, 2.24) is 15.7 Å². The third kappa shape index (κ3) is 1.49. The van der Waals surface area contributed by atoms with Gasteiger partial charge in [0.15, 0.2) is 0 Å². The summed E-state index contributed by atoms with van der Waals surface area (Å²) in [7, 11) is 0. The largest absolute Gasteiger partial charge is 0.299 e. The highest BCUT2D eigenvalue weighted by Gasteiger charge is 2.02. The van der Waals surface area contributed by atoms with E-state index in [1.807, 2.05) is 18.2 Å². The molecule has 0 saturated heterocycles. The van der Waals surface area contributed by atoms with E-state index in [-0.39, 0.29) is 0 Å². The first-order chi connectivity index (χ1) is 6.38. The zero-order valence-electron chi connectivity index (χ0n) is 6.94. The van der Waals surface area contributed by atoms with Gasteiger partial charge in [-0.25, -0.2) is 0 Å². The highest BCUT2D eigenvalue weighted by atomic mass is 14.8. The maximum atomic E-state index is 7.61. The molecule has 2 rings (SSSR count). The molecule has 0 atom stereocenters. The number of aromatic nitrogens is 2. The molecule has 0 aromatic carbocycles. The van der Waals surface area contributed by atoms with Crippen molar-refractivity contribution in [3.05, 3.63) is 42.7 Å². The molecular weight excluding hydrogens is 162 g/mol. The second-order valence-electron chi connectivity index (χ2n) is 2.61. The molecule has 13 heavy (non-hydrogen) atoms. The highest BCUT2D eigenvalue weighted by molar-refractivity contribution is 5.67. The van der Waals surface area contributed by atoms with Gasteiger partial charge in [-0.1, -0.05) is 6.07 Å². The molecule has 0 fully saturated rings. The van der Waals surface area contributed by atoms with E-state index in [0.717, 1.165) is 5.69 Å². The Balaban J connectivity index is 2.54. The summed E-state index contributed by atoms with van der Waals surface area (Å²) in [5.74, 6) is 0. The Bertz CT molecular complexity index is 398. The molecule has 0 saturated carbocycles. The second-order valence-corrected chi connectivity index (χ2v) is 2.61. The lowest BCUT2D eigenvalue weighted by Gasteiger charge is -2.00.